The third-order valence-corrected chi connectivity index (χ3v) is 3.92. The van der Waals surface area contributed by atoms with E-state index < -0.39 is 11.9 Å². The Bertz CT molecular complexity index is 888. The van der Waals surface area contributed by atoms with Crippen molar-refractivity contribution >= 4 is 23.5 Å². The molecule has 0 bridgehead atoms. The Morgan fingerprint density at radius 3 is 2.32 bits per heavy atom. The number of carbonyl (C=O) groups excluding carboxylic acids is 3. The Labute approximate surface area is 163 Å². The van der Waals surface area contributed by atoms with Crippen LogP contribution in [-0.4, -0.2) is 32.0 Å². The number of anilines is 1. The van der Waals surface area contributed by atoms with Crippen molar-refractivity contribution in [3.8, 4) is 5.75 Å². The van der Waals surface area contributed by atoms with E-state index in [4.69, 9.17) is 4.74 Å². The van der Waals surface area contributed by atoms with E-state index in [1.54, 1.807) is 38.3 Å². The number of carbonyl (C=O) groups is 3. The highest BCUT2D eigenvalue weighted by Crippen LogP contribution is 2.16. The summed E-state index contributed by atoms with van der Waals surface area (Å²) in [5.74, 6) is -0.588. The second kappa shape index (κ2) is 9.91. The molecule has 0 radical (unpaired) electrons. The fourth-order valence-corrected chi connectivity index (χ4v) is 2.38. The molecule has 0 spiro atoms. The van der Waals surface area contributed by atoms with Crippen molar-refractivity contribution in [3.05, 3.63) is 71.3 Å². The minimum atomic E-state index is -0.458. The van der Waals surface area contributed by atoms with Crippen molar-refractivity contribution in [2.75, 3.05) is 19.5 Å². The lowest BCUT2D eigenvalue weighted by atomic mass is 10.2. The van der Waals surface area contributed by atoms with E-state index in [1.807, 2.05) is 24.3 Å². The molecule has 146 valence electrons. The summed E-state index contributed by atoms with van der Waals surface area (Å²) in [6, 6.07) is 13.6. The Hall–Kier alpha value is -3.61. The van der Waals surface area contributed by atoms with Crippen LogP contribution in [0.25, 0.3) is 0 Å². The zero-order valence-corrected chi connectivity index (χ0v) is 15.9. The van der Waals surface area contributed by atoms with E-state index in [9.17, 15) is 14.4 Å². The lowest BCUT2D eigenvalue weighted by molar-refractivity contribution is -0.117. The number of methoxy groups -OCH3 is 2. The molecular weight excluding hydrogens is 360 g/mol. The monoisotopic (exact) mass is 382 g/mol. The second-order valence-electron chi connectivity index (χ2n) is 5.88. The van der Waals surface area contributed by atoms with Crippen molar-refractivity contribution in [1.82, 2.24) is 5.32 Å². The molecule has 0 atom stereocenters. The average molecular weight is 382 g/mol. The van der Waals surface area contributed by atoms with Gasteiger partial charge < -0.3 is 20.1 Å². The predicted molar refractivity (Wildman–Crippen MR) is 105 cm³/mol. The maximum Gasteiger partial charge on any atom is 0.337 e. The number of esters is 1. The quantitative estimate of drug-likeness (QED) is 0.567. The first-order valence-corrected chi connectivity index (χ1v) is 8.52. The normalized spacial score (nSPS) is 10.8. The van der Waals surface area contributed by atoms with Crippen LogP contribution in [-0.2, 0) is 20.9 Å². The highest BCUT2D eigenvalue weighted by Gasteiger charge is 2.10. The van der Waals surface area contributed by atoms with Gasteiger partial charge in [0, 0.05) is 29.4 Å². The van der Waals surface area contributed by atoms with Gasteiger partial charge in [-0.1, -0.05) is 18.2 Å². The fraction of sp³-hybridized carbons (Fsp3) is 0.190. The molecule has 0 heterocycles. The van der Waals surface area contributed by atoms with Gasteiger partial charge in [0.1, 0.15) is 5.75 Å². The van der Waals surface area contributed by atoms with Gasteiger partial charge in [-0.3, -0.25) is 9.59 Å². The van der Waals surface area contributed by atoms with Crippen LogP contribution in [0.3, 0.4) is 0 Å². The lowest BCUT2D eigenvalue weighted by Crippen LogP contribution is -2.23. The third kappa shape index (κ3) is 5.70. The number of hydrogen-bond donors (Lipinski definition) is 2. The molecule has 0 saturated carbocycles. The zero-order chi connectivity index (χ0) is 20.5. The molecule has 0 aliphatic carbocycles. The zero-order valence-electron chi connectivity index (χ0n) is 15.9. The predicted octanol–water partition coefficient (Wildman–Crippen LogP) is 2.68. The van der Waals surface area contributed by atoms with Gasteiger partial charge in [0.2, 0.25) is 5.91 Å². The van der Waals surface area contributed by atoms with E-state index in [2.05, 4.69) is 15.4 Å². The van der Waals surface area contributed by atoms with Crippen LogP contribution in [0.2, 0.25) is 0 Å². The molecule has 0 saturated heterocycles. The van der Waals surface area contributed by atoms with Gasteiger partial charge in [-0.2, -0.15) is 0 Å². The molecule has 0 aliphatic heterocycles. The number of nitrogens with one attached hydrogen (secondary N) is 2. The maximum atomic E-state index is 12.2. The Morgan fingerprint density at radius 1 is 1.00 bits per heavy atom. The van der Waals surface area contributed by atoms with Crippen LogP contribution in [0.4, 0.5) is 5.69 Å². The summed E-state index contributed by atoms with van der Waals surface area (Å²) < 4.78 is 9.85. The van der Waals surface area contributed by atoms with Crippen LogP contribution in [0.15, 0.2) is 60.2 Å². The molecule has 2 amide bonds. The van der Waals surface area contributed by atoms with Gasteiger partial charge in [-0.25, -0.2) is 4.79 Å². The summed E-state index contributed by atoms with van der Waals surface area (Å²) in [6.07, 6.45) is 1.23. The second-order valence-corrected chi connectivity index (χ2v) is 5.88. The van der Waals surface area contributed by atoms with Crippen LogP contribution in [0.1, 0.15) is 22.8 Å². The van der Waals surface area contributed by atoms with E-state index in [0.29, 0.717) is 17.0 Å². The third-order valence-electron chi connectivity index (χ3n) is 3.92. The minimum absolute atomic E-state index is 0.245. The number of rotatable bonds is 7. The molecule has 28 heavy (non-hydrogen) atoms. The number of para-hydroxylation sites is 1. The standard InChI is InChI=1S/C21H22N2O5/c1-14(12-19(24)22-13-16-6-4-5-7-18(16)27-2)20(25)23-17-10-8-15(9-11-17)21(26)28-3/h4-12H,13H2,1-3H3,(H,22,24)(H,23,25)/b14-12+. The molecule has 0 aromatic heterocycles. The summed E-state index contributed by atoms with van der Waals surface area (Å²) in [5, 5.41) is 5.39. The first-order chi connectivity index (χ1) is 13.4. The summed E-state index contributed by atoms with van der Waals surface area (Å²) in [7, 11) is 2.86. The molecule has 0 unspecified atom stereocenters. The van der Waals surface area contributed by atoms with E-state index in [1.165, 1.54) is 13.2 Å². The molecule has 2 aromatic carbocycles. The van der Waals surface area contributed by atoms with Crippen molar-refractivity contribution in [3.63, 3.8) is 0 Å². The largest absolute Gasteiger partial charge is 0.496 e. The van der Waals surface area contributed by atoms with Crippen LogP contribution in [0.5, 0.6) is 5.75 Å². The topological polar surface area (TPSA) is 93.7 Å². The van der Waals surface area contributed by atoms with Crippen molar-refractivity contribution in [2.24, 2.45) is 0 Å². The molecule has 7 heteroatoms. The minimum Gasteiger partial charge on any atom is -0.496 e. The van der Waals surface area contributed by atoms with Crippen LogP contribution in [0, 0.1) is 0 Å². The summed E-state index contributed by atoms with van der Waals surface area (Å²) >= 11 is 0. The summed E-state index contributed by atoms with van der Waals surface area (Å²) in [5.41, 5.74) is 1.96. The van der Waals surface area contributed by atoms with Crippen molar-refractivity contribution in [2.45, 2.75) is 13.5 Å². The first-order valence-electron chi connectivity index (χ1n) is 8.52. The Morgan fingerprint density at radius 2 is 1.68 bits per heavy atom. The molecule has 2 N–H and O–H groups in total. The molecule has 2 rings (SSSR count). The molecule has 0 aliphatic rings. The highest BCUT2D eigenvalue weighted by atomic mass is 16.5. The van der Waals surface area contributed by atoms with Gasteiger partial charge in [0.05, 0.1) is 19.8 Å². The number of amides is 2. The highest BCUT2D eigenvalue weighted by molar-refractivity contribution is 6.07. The number of benzene rings is 2. The van der Waals surface area contributed by atoms with E-state index in [-0.39, 0.29) is 18.0 Å². The molecule has 7 nitrogen and oxygen atoms in total. The SMILES string of the molecule is COC(=O)c1ccc(NC(=O)/C(C)=C/C(=O)NCc2ccccc2OC)cc1. The van der Waals surface area contributed by atoms with E-state index in [0.717, 1.165) is 5.56 Å². The first kappa shape index (κ1) is 20.7. The number of hydrogen-bond acceptors (Lipinski definition) is 5. The van der Waals surface area contributed by atoms with Gasteiger partial charge in [0.15, 0.2) is 0 Å². The van der Waals surface area contributed by atoms with Crippen LogP contribution < -0.4 is 15.4 Å². The molecule has 2 aromatic rings. The van der Waals surface area contributed by atoms with Crippen molar-refractivity contribution < 1.29 is 23.9 Å². The van der Waals surface area contributed by atoms with Gasteiger partial charge >= 0.3 is 5.97 Å². The average Bonchev–Trinajstić information content (AvgIpc) is 2.72. The molecule has 0 fully saturated rings. The van der Waals surface area contributed by atoms with Gasteiger partial charge in [0.25, 0.3) is 5.91 Å². The van der Waals surface area contributed by atoms with Gasteiger partial charge in [-0.05, 0) is 37.3 Å². The lowest BCUT2D eigenvalue weighted by Gasteiger charge is -2.09. The smallest absolute Gasteiger partial charge is 0.337 e. The van der Waals surface area contributed by atoms with Gasteiger partial charge in [-0.15, -0.1) is 0 Å². The summed E-state index contributed by atoms with van der Waals surface area (Å²) in [4.78, 5) is 35.7. The maximum absolute atomic E-state index is 12.2. The van der Waals surface area contributed by atoms with Crippen LogP contribution >= 0.6 is 0 Å². The summed E-state index contributed by atoms with van der Waals surface area (Å²) in [6.45, 7) is 1.82. The van der Waals surface area contributed by atoms with Crippen molar-refractivity contribution in [1.29, 1.82) is 0 Å². The molecular formula is C21H22N2O5. The fourth-order valence-electron chi connectivity index (χ4n) is 2.38. The Balaban J connectivity index is 1.93. The Kier molecular flexibility index (Phi) is 7.33. The van der Waals surface area contributed by atoms with E-state index >= 15 is 0 Å². The number of ether oxygens (including phenoxy) is 2.